The number of aliphatic carboxylic acids is 3. The molecule has 0 saturated heterocycles. The topological polar surface area (TPSA) is 283 Å². The van der Waals surface area contributed by atoms with E-state index in [1.165, 1.54) is 18.7 Å². The first-order chi connectivity index (χ1) is 21.3. The smallest absolute Gasteiger partial charge is 0.326 e. The quantitative estimate of drug-likeness (QED) is 0.0641. The summed E-state index contributed by atoms with van der Waals surface area (Å²) in [4.78, 5) is 98.5. The van der Waals surface area contributed by atoms with E-state index in [-0.39, 0.29) is 24.7 Å². The van der Waals surface area contributed by atoms with Crippen molar-refractivity contribution in [1.29, 1.82) is 0 Å². The van der Waals surface area contributed by atoms with Gasteiger partial charge in [-0.1, -0.05) is 27.7 Å². The molecule has 0 fully saturated rings. The number of carboxylic acids is 3. The monoisotopic (exact) mass is 676 g/mol. The second-order valence-electron chi connectivity index (χ2n) is 11.7. The molecule has 17 nitrogen and oxygen atoms in total. The molecule has 18 heteroatoms. The van der Waals surface area contributed by atoms with Crippen LogP contribution in [0, 0.1) is 11.8 Å². The molecule has 10 N–H and O–H groups in total. The summed E-state index contributed by atoms with van der Waals surface area (Å²) in [5.74, 6) is -8.46. The van der Waals surface area contributed by atoms with Crippen molar-refractivity contribution in [3.63, 3.8) is 0 Å². The van der Waals surface area contributed by atoms with Gasteiger partial charge in [0.05, 0.1) is 18.9 Å². The highest BCUT2D eigenvalue weighted by molar-refractivity contribution is 7.98. The summed E-state index contributed by atoms with van der Waals surface area (Å²) >= 11 is 1.40. The molecule has 0 bridgehead atoms. The number of nitrogens with one attached hydrogen (secondary N) is 5. The fourth-order valence-electron chi connectivity index (χ4n) is 4.08. The normalized spacial score (nSPS) is 15.0. The minimum absolute atomic E-state index is 0.0244. The van der Waals surface area contributed by atoms with E-state index >= 15 is 0 Å². The fraction of sp³-hybridized carbons (Fsp3) is 0.714. The predicted octanol–water partition coefficient (Wildman–Crippen LogP) is -1.36. The molecule has 0 spiro atoms. The Morgan fingerprint density at radius 1 is 0.587 bits per heavy atom. The average molecular weight is 677 g/mol. The molecule has 0 aromatic carbocycles. The van der Waals surface area contributed by atoms with Crippen LogP contribution in [-0.2, 0) is 38.4 Å². The van der Waals surface area contributed by atoms with Gasteiger partial charge in [-0.15, -0.1) is 0 Å². The van der Waals surface area contributed by atoms with Gasteiger partial charge >= 0.3 is 17.9 Å². The number of carboxylic acid groups (broad SMARTS) is 3. The zero-order valence-electron chi connectivity index (χ0n) is 27.0. The van der Waals surface area contributed by atoms with Crippen LogP contribution in [0.1, 0.15) is 66.7 Å². The zero-order valence-corrected chi connectivity index (χ0v) is 27.8. The van der Waals surface area contributed by atoms with Gasteiger partial charge in [0.2, 0.25) is 29.5 Å². The van der Waals surface area contributed by atoms with Crippen LogP contribution in [-0.4, -0.2) is 111 Å². The van der Waals surface area contributed by atoms with E-state index in [1.54, 1.807) is 20.1 Å². The second kappa shape index (κ2) is 21.0. The van der Waals surface area contributed by atoms with E-state index in [0.717, 1.165) is 0 Å². The molecule has 5 amide bonds. The maximum atomic E-state index is 13.3. The van der Waals surface area contributed by atoms with Crippen molar-refractivity contribution in [2.24, 2.45) is 17.6 Å². The van der Waals surface area contributed by atoms with Gasteiger partial charge in [-0.3, -0.25) is 33.6 Å². The Labute approximate surface area is 271 Å². The van der Waals surface area contributed by atoms with Crippen LogP contribution < -0.4 is 32.3 Å². The molecule has 6 atom stereocenters. The molecule has 0 aromatic rings. The molecule has 0 aliphatic rings. The van der Waals surface area contributed by atoms with Gasteiger partial charge in [0.1, 0.15) is 30.2 Å². The van der Waals surface area contributed by atoms with Gasteiger partial charge in [0.15, 0.2) is 0 Å². The number of nitrogens with two attached hydrogens (primary N) is 1. The van der Waals surface area contributed by atoms with Crippen LogP contribution in [0.25, 0.3) is 0 Å². The number of carbonyl (C=O) groups is 8. The lowest BCUT2D eigenvalue weighted by atomic mass is 10.0. The third-order valence-electron chi connectivity index (χ3n) is 6.40. The van der Waals surface area contributed by atoms with E-state index < -0.39 is 96.5 Å². The van der Waals surface area contributed by atoms with Gasteiger partial charge in [-0.2, -0.15) is 11.8 Å². The number of thioether (sulfide) groups is 1. The molecular formula is C28H48N6O11S. The molecule has 0 rings (SSSR count). The summed E-state index contributed by atoms with van der Waals surface area (Å²) in [6.45, 7) is 8.42. The van der Waals surface area contributed by atoms with E-state index in [9.17, 15) is 43.5 Å². The highest BCUT2D eigenvalue weighted by atomic mass is 32.2. The molecule has 0 aromatic heterocycles. The predicted molar refractivity (Wildman–Crippen MR) is 167 cm³/mol. The minimum Gasteiger partial charge on any atom is -0.481 e. The average Bonchev–Trinajstić information content (AvgIpc) is 2.92. The molecule has 0 heterocycles. The number of rotatable bonds is 22. The Kier molecular flexibility index (Phi) is 19.2. The number of hydrogen-bond acceptors (Lipinski definition) is 10. The van der Waals surface area contributed by atoms with Gasteiger partial charge in [0, 0.05) is 0 Å². The number of hydrogen-bond donors (Lipinski definition) is 9. The second-order valence-corrected chi connectivity index (χ2v) is 12.6. The highest BCUT2D eigenvalue weighted by Gasteiger charge is 2.33. The summed E-state index contributed by atoms with van der Waals surface area (Å²) in [5.41, 5.74) is 5.94. The van der Waals surface area contributed by atoms with E-state index in [0.29, 0.717) is 12.2 Å². The maximum Gasteiger partial charge on any atom is 0.326 e. The zero-order chi connectivity index (χ0) is 35.7. The van der Waals surface area contributed by atoms with Crippen molar-refractivity contribution in [2.75, 3.05) is 12.0 Å². The van der Waals surface area contributed by atoms with Crippen LogP contribution in [0.4, 0.5) is 0 Å². The van der Waals surface area contributed by atoms with Gasteiger partial charge in [-0.25, -0.2) is 4.79 Å². The van der Waals surface area contributed by atoms with Crippen LogP contribution in [0.15, 0.2) is 0 Å². The Morgan fingerprint density at radius 3 is 1.50 bits per heavy atom. The first-order valence-electron chi connectivity index (χ1n) is 14.7. The summed E-state index contributed by atoms with van der Waals surface area (Å²) in [6.07, 6.45) is 0.556. The Balaban J connectivity index is 5.84. The van der Waals surface area contributed by atoms with Crippen molar-refractivity contribution < 1.29 is 53.7 Å². The van der Waals surface area contributed by atoms with E-state index in [1.807, 2.05) is 19.2 Å². The van der Waals surface area contributed by atoms with Crippen molar-refractivity contribution in [3.8, 4) is 0 Å². The molecule has 0 unspecified atom stereocenters. The van der Waals surface area contributed by atoms with E-state index in [2.05, 4.69) is 21.3 Å². The molecule has 0 radical (unpaired) electrons. The van der Waals surface area contributed by atoms with E-state index in [4.69, 9.17) is 15.9 Å². The molecular weight excluding hydrogens is 628 g/mol. The lowest BCUT2D eigenvalue weighted by molar-refractivity contribution is -0.147. The fourth-order valence-corrected chi connectivity index (χ4v) is 4.55. The van der Waals surface area contributed by atoms with Crippen molar-refractivity contribution in [1.82, 2.24) is 26.6 Å². The summed E-state index contributed by atoms with van der Waals surface area (Å²) in [5, 5.41) is 39.1. The summed E-state index contributed by atoms with van der Waals surface area (Å²) < 4.78 is 0. The first-order valence-corrected chi connectivity index (χ1v) is 16.1. The molecule has 46 heavy (non-hydrogen) atoms. The lowest BCUT2D eigenvalue weighted by Crippen LogP contribution is -2.59. The van der Waals surface area contributed by atoms with Gasteiger partial charge in [0.25, 0.3) is 0 Å². The van der Waals surface area contributed by atoms with Gasteiger partial charge < -0.3 is 47.6 Å². The standard InChI is InChI=1S/C28H48N6O11S/c1-13(2)9-16(29)24(40)31-17(7-8-46-6)25(41)33-19(11-21(35)36)27(43)32-18(10-14(3)4)26(42)30-15(5)23(39)34-20(28(44)45)12-22(37)38/h13-20H,7-12,29H2,1-6H3,(H,30,42)(H,31,40)(H,32,43)(H,33,41)(H,34,39)(H,35,36)(H,37,38)(H,44,45)/t15-,16-,17-,18-,19-,20-/m0/s1. The maximum absolute atomic E-state index is 13.3. The summed E-state index contributed by atoms with van der Waals surface area (Å²) in [6, 6.07) is -8.11. The van der Waals surface area contributed by atoms with Gasteiger partial charge in [-0.05, 0) is 50.0 Å². The molecule has 0 saturated carbocycles. The number of amides is 5. The van der Waals surface area contributed by atoms with Crippen LogP contribution in [0.3, 0.4) is 0 Å². The first kappa shape index (κ1) is 42.1. The minimum atomic E-state index is -1.76. The number of carbonyl (C=O) groups excluding carboxylic acids is 5. The summed E-state index contributed by atoms with van der Waals surface area (Å²) in [7, 11) is 0. The lowest BCUT2D eigenvalue weighted by Gasteiger charge is -2.26. The highest BCUT2D eigenvalue weighted by Crippen LogP contribution is 2.09. The Hall–Kier alpha value is -3.93. The van der Waals surface area contributed by atoms with Crippen LogP contribution in [0.2, 0.25) is 0 Å². The van der Waals surface area contributed by atoms with Crippen molar-refractivity contribution in [2.45, 2.75) is 103 Å². The SMILES string of the molecule is CSCC[C@H](NC(=O)[C@@H](N)CC(C)C)C(=O)N[C@@H](CC(=O)O)C(=O)N[C@@H](CC(C)C)C(=O)N[C@@H](C)C(=O)N[C@@H](CC(=O)O)C(=O)O. The third-order valence-corrected chi connectivity index (χ3v) is 7.05. The molecule has 262 valence electrons. The van der Waals surface area contributed by atoms with Crippen LogP contribution in [0.5, 0.6) is 0 Å². The Bertz CT molecular complexity index is 1100. The molecule has 0 aliphatic heterocycles. The molecule has 0 aliphatic carbocycles. The largest absolute Gasteiger partial charge is 0.481 e. The third kappa shape index (κ3) is 17.0. The van der Waals surface area contributed by atoms with Crippen molar-refractivity contribution in [3.05, 3.63) is 0 Å². The Morgan fingerprint density at radius 2 is 1.02 bits per heavy atom. The van der Waals surface area contributed by atoms with Crippen molar-refractivity contribution >= 4 is 59.2 Å². The van der Waals surface area contributed by atoms with Crippen LogP contribution >= 0.6 is 11.8 Å².